The van der Waals surface area contributed by atoms with Crippen molar-refractivity contribution in [1.82, 2.24) is 4.90 Å². The van der Waals surface area contributed by atoms with Crippen molar-refractivity contribution < 1.29 is 19.2 Å². The molecule has 9 nitrogen and oxygen atoms in total. The minimum atomic E-state index is -0.520. The molecule has 28 heavy (non-hydrogen) atoms. The van der Waals surface area contributed by atoms with Crippen LogP contribution in [0, 0.1) is 10.1 Å². The molecule has 0 aliphatic heterocycles. The van der Waals surface area contributed by atoms with E-state index in [0.717, 1.165) is 0 Å². The van der Waals surface area contributed by atoms with Crippen molar-refractivity contribution in [2.75, 3.05) is 37.9 Å². The van der Waals surface area contributed by atoms with Crippen LogP contribution in [-0.2, 0) is 9.59 Å². The lowest BCUT2D eigenvalue weighted by molar-refractivity contribution is -0.384. The Hall–Kier alpha value is -3.33. The van der Waals surface area contributed by atoms with Crippen molar-refractivity contribution in [3.8, 4) is 5.75 Å². The number of anilines is 2. The first-order valence-electron chi connectivity index (χ1n) is 8.16. The number of nitro benzene ring substituents is 1. The molecule has 0 aromatic heterocycles. The van der Waals surface area contributed by atoms with Crippen molar-refractivity contribution in [3.63, 3.8) is 0 Å². The quantitative estimate of drug-likeness (QED) is 0.514. The zero-order chi connectivity index (χ0) is 20.7. The highest BCUT2D eigenvalue weighted by Crippen LogP contribution is 2.27. The van der Waals surface area contributed by atoms with Crippen molar-refractivity contribution in [2.24, 2.45) is 0 Å². The summed E-state index contributed by atoms with van der Waals surface area (Å²) in [6.07, 6.45) is 0. The number of benzene rings is 2. The van der Waals surface area contributed by atoms with E-state index in [4.69, 9.17) is 16.3 Å². The molecule has 0 saturated carbocycles. The fraction of sp³-hybridized carbons (Fsp3) is 0.222. The number of nitrogens with zero attached hydrogens (tertiary/aromatic N) is 2. The van der Waals surface area contributed by atoms with Crippen LogP contribution in [0.15, 0.2) is 42.5 Å². The second-order valence-corrected chi connectivity index (χ2v) is 6.24. The number of carbonyl (C=O) groups excluding carboxylic acids is 2. The van der Waals surface area contributed by atoms with Gasteiger partial charge in [-0.15, -0.1) is 0 Å². The number of carbonyl (C=O) groups is 2. The molecule has 0 fully saturated rings. The third kappa shape index (κ3) is 5.85. The zero-order valence-electron chi connectivity index (χ0n) is 15.3. The average molecular weight is 407 g/mol. The largest absolute Gasteiger partial charge is 0.495 e. The Morgan fingerprint density at radius 3 is 2.68 bits per heavy atom. The third-order valence-corrected chi connectivity index (χ3v) is 3.98. The van der Waals surface area contributed by atoms with E-state index >= 15 is 0 Å². The number of methoxy groups -OCH3 is 1. The van der Waals surface area contributed by atoms with Gasteiger partial charge in [0.2, 0.25) is 11.8 Å². The molecule has 0 spiro atoms. The molecule has 2 aromatic rings. The van der Waals surface area contributed by atoms with Crippen LogP contribution in [0.4, 0.5) is 17.1 Å². The predicted octanol–water partition coefficient (Wildman–Crippen LogP) is 2.77. The number of amides is 2. The lowest BCUT2D eigenvalue weighted by Gasteiger charge is -2.18. The summed E-state index contributed by atoms with van der Waals surface area (Å²) >= 11 is 5.92. The SMILES string of the molecule is COc1ccc(Cl)cc1NC(=O)CN(C)C(=O)CNc1cccc([N+](=O)[O-])c1. The van der Waals surface area contributed by atoms with E-state index in [0.29, 0.717) is 22.1 Å². The van der Waals surface area contributed by atoms with Crippen LogP contribution in [-0.4, -0.2) is 48.9 Å². The Balaban J connectivity index is 1.90. The molecule has 0 unspecified atom stereocenters. The number of nitro groups is 1. The molecule has 0 radical (unpaired) electrons. The molecule has 10 heteroatoms. The summed E-state index contributed by atoms with van der Waals surface area (Å²) in [5, 5.41) is 16.7. The Labute approximate surface area is 166 Å². The Morgan fingerprint density at radius 2 is 2.00 bits per heavy atom. The van der Waals surface area contributed by atoms with Crippen LogP contribution in [0.3, 0.4) is 0 Å². The second-order valence-electron chi connectivity index (χ2n) is 5.80. The van der Waals surface area contributed by atoms with Gasteiger partial charge in [-0.05, 0) is 24.3 Å². The smallest absolute Gasteiger partial charge is 0.271 e. The molecule has 0 aliphatic carbocycles. The van der Waals surface area contributed by atoms with Gasteiger partial charge in [-0.3, -0.25) is 19.7 Å². The normalized spacial score (nSPS) is 10.1. The fourth-order valence-corrected chi connectivity index (χ4v) is 2.49. The summed E-state index contributed by atoms with van der Waals surface area (Å²) in [5.74, 6) is -0.342. The minimum Gasteiger partial charge on any atom is -0.495 e. The van der Waals surface area contributed by atoms with Crippen LogP contribution in [0.1, 0.15) is 0 Å². The molecule has 148 valence electrons. The summed E-state index contributed by atoms with van der Waals surface area (Å²) in [6.45, 7) is -0.309. The first-order chi connectivity index (χ1) is 13.3. The van der Waals surface area contributed by atoms with E-state index < -0.39 is 10.8 Å². The number of halogens is 1. The van der Waals surface area contributed by atoms with Crippen molar-refractivity contribution in [1.29, 1.82) is 0 Å². The number of ether oxygens (including phenoxy) is 1. The van der Waals surface area contributed by atoms with Crippen LogP contribution in [0.25, 0.3) is 0 Å². The van der Waals surface area contributed by atoms with Gasteiger partial charge in [-0.25, -0.2) is 0 Å². The number of likely N-dealkylation sites (N-methyl/N-ethyl adjacent to an activating group) is 1. The first-order valence-corrected chi connectivity index (χ1v) is 8.53. The first kappa shape index (κ1) is 21.0. The van der Waals surface area contributed by atoms with E-state index in [-0.39, 0.29) is 24.7 Å². The van der Waals surface area contributed by atoms with Crippen LogP contribution in [0.5, 0.6) is 5.75 Å². The van der Waals surface area contributed by atoms with Gasteiger partial charge in [0.25, 0.3) is 5.69 Å². The van der Waals surface area contributed by atoms with E-state index in [2.05, 4.69) is 10.6 Å². The van der Waals surface area contributed by atoms with Gasteiger partial charge in [-0.1, -0.05) is 17.7 Å². The summed E-state index contributed by atoms with van der Waals surface area (Å²) in [5.41, 5.74) is 0.750. The minimum absolute atomic E-state index is 0.0827. The predicted molar refractivity (Wildman–Crippen MR) is 106 cm³/mol. The van der Waals surface area contributed by atoms with Crippen molar-refractivity contribution in [2.45, 2.75) is 0 Å². The maximum Gasteiger partial charge on any atom is 0.271 e. The van der Waals surface area contributed by atoms with Gasteiger partial charge in [0.15, 0.2) is 0 Å². The van der Waals surface area contributed by atoms with E-state index in [1.807, 2.05) is 0 Å². The molecule has 2 amide bonds. The molecular weight excluding hydrogens is 388 g/mol. The Morgan fingerprint density at radius 1 is 1.25 bits per heavy atom. The highest BCUT2D eigenvalue weighted by Gasteiger charge is 2.15. The van der Waals surface area contributed by atoms with E-state index in [9.17, 15) is 19.7 Å². The highest BCUT2D eigenvalue weighted by molar-refractivity contribution is 6.31. The van der Waals surface area contributed by atoms with Gasteiger partial charge in [0.05, 0.1) is 30.8 Å². The summed E-state index contributed by atoms with van der Waals surface area (Å²) in [6, 6.07) is 10.6. The van der Waals surface area contributed by atoms with Gasteiger partial charge in [-0.2, -0.15) is 0 Å². The molecule has 0 bridgehead atoms. The lowest BCUT2D eigenvalue weighted by Crippen LogP contribution is -2.38. The van der Waals surface area contributed by atoms with E-state index in [1.165, 1.54) is 37.3 Å². The highest BCUT2D eigenvalue weighted by atomic mass is 35.5. The standard InChI is InChI=1S/C18H19ClN4O5/c1-22(11-17(24)21-15-8-12(19)6-7-16(15)28-2)18(25)10-20-13-4-3-5-14(9-13)23(26)27/h3-9,20H,10-11H2,1-2H3,(H,21,24). The summed E-state index contributed by atoms with van der Waals surface area (Å²) in [7, 11) is 2.94. The van der Waals surface area contributed by atoms with Gasteiger partial charge in [0, 0.05) is 29.9 Å². The van der Waals surface area contributed by atoms with Crippen LogP contribution in [0.2, 0.25) is 5.02 Å². The topological polar surface area (TPSA) is 114 Å². The lowest BCUT2D eigenvalue weighted by atomic mass is 10.3. The monoisotopic (exact) mass is 406 g/mol. The third-order valence-electron chi connectivity index (χ3n) is 3.74. The number of hydrogen-bond acceptors (Lipinski definition) is 6. The molecule has 0 heterocycles. The van der Waals surface area contributed by atoms with Crippen molar-refractivity contribution in [3.05, 3.63) is 57.6 Å². The van der Waals surface area contributed by atoms with Gasteiger partial charge in [0.1, 0.15) is 5.75 Å². The number of non-ortho nitro benzene ring substituents is 1. The number of rotatable bonds is 8. The number of hydrogen-bond donors (Lipinski definition) is 2. The molecule has 2 rings (SSSR count). The van der Waals surface area contributed by atoms with Crippen LogP contribution >= 0.6 is 11.6 Å². The fourth-order valence-electron chi connectivity index (χ4n) is 2.31. The number of nitrogens with one attached hydrogen (secondary N) is 2. The maximum atomic E-state index is 12.2. The van der Waals surface area contributed by atoms with Crippen LogP contribution < -0.4 is 15.4 Å². The molecule has 2 aromatic carbocycles. The molecular formula is C18H19ClN4O5. The summed E-state index contributed by atoms with van der Waals surface area (Å²) < 4.78 is 5.16. The molecule has 0 saturated heterocycles. The maximum absolute atomic E-state index is 12.2. The average Bonchev–Trinajstić information content (AvgIpc) is 2.66. The van der Waals surface area contributed by atoms with Crippen molar-refractivity contribution >= 4 is 40.5 Å². The van der Waals surface area contributed by atoms with Gasteiger partial charge >= 0.3 is 0 Å². The molecule has 2 N–H and O–H groups in total. The summed E-state index contributed by atoms with van der Waals surface area (Å²) in [4.78, 5) is 35.9. The molecule has 0 aliphatic rings. The second kappa shape index (κ2) is 9.56. The van der Waals surface area contributed by atoms with E-state index in [1.54, 1.807) is 24.3 Å². The Bertz CT molecular complexity index is 890. The van der Waals surface area contributed by atoms with Gasteiger partial charge < -0.3 is 20.3 Å². The Kier molecular flexibility index (Phi) is 7.16. The molecule has 0 atom stereocenters. The zero-order valence-corrected chi connectivity index (χ0v) is 16.0.